The Balaban J connectivity index is 1.85. The molecule has 4 rings (SSSR count). The number of allylic oxidation sites excluding steroid dienone is 2. The first-order valence-electron chi connectivity index (χ1n) is 10.9. The summed E-state index contributed by atoms with van der Waals surface area (Å²) in [5, 5.41) is 14.3. The van der Waals surface area contributed by atoms with Gasteiger partial charge in [0.25, 0.3) is 5.69 Å². The Labute approximate surface area is 208 Å². The summed E-state index contributed by atoms with van der Waals surface area (Å²) >= 11 is 0. The van der Waals surface area contributed by atoms with Gasteiger partial charge in [0.2, 0.25) is 9.84 Å². The van der Waals surface area contributed by atoms with Crippen LogP contribution in [-0.4, -0.2) is 19.3 Å². The van der Waals surface area contributed by atoms with Crippen LogP contribution in [0.2, 0.25) is 0 Å². The lowest BCUT2D eigenvalue weighted by molar-refractivity contribution is -0.384. The highest BCUT2D eigenvalue weighted by atomic mass is 32.2. The van der Waals surface area contributed by atoms with Gasteiger partial charge in [0.1, 0.15) is 17.3 Å². The number of carbonyl (C=O) groups is 1. The zero-order valence-electron chi connectivity index (χ0n) is 19.2. The molecule has 0 spiro atoms. The number of nitro groups is 1. The number of dihydropyridines is 1. The van der Waals surface area contributed by atoms with E-state index >= 15 is 0 Å². The van der Waals surface area contributed by atoms with Crippen molar-refractivity contribution >= 4 is 21.5 Å². The largest absolute Gasteiger partial charge is 0.457 e. The van der Waals surface area contributed by atoms with Crippen molar-refractivity contribution < 1.29 is 22.9 Å². The number of nitrogens with two attached hydrogens (primary N) is 1. The first-order valence-corrected chi connectivity index (χ1v) is 12.4. The van der Waals surface area contributed by atoms with E-state index in [-0.39, 0.29) is 44.7 Å². The number of nitrogens with one attached hydrogen (secondary N) is 1. The Kier molecular flexibility index (Phi) is 6.89. The lowest BCUT2D eigenvalue weighted by Gasteiger charge is -2.30. The van der Waals surface area contributed by atoms with Gasteiger partial charge in [-0.25, -0.2) is 13.2 Å². The standard InChI is InChI=1S/C26H23N3O6S/c1-17-22(26(30)35-16-18-9-4-2-5-10-18)23(19-11-8-12-20(15-19)29(31)32)24(25(27)28-17)36(33,34)21-13-6-3-7-14-21/h2-15,23,28H,16,27H2,1H3. The van der Waals surface area contributed by atoms with Crippen molar-refractivity contribution in [1.29, 1.82) is 0 Å². The number of nitrogens with zero attached hydrogens (tertiary/aromatic N) is 1. The molecule has 1 aliphatic rings. The molecule has 36 heavy (non-hydrogen) atoms. The van der Waals surface area contributed by atoms with Crippen molar-refractivity contribution in [3.63, 3.8) is 0 Å². The highest BCUT2D eigenvalue weighted by molar-refractivity contribution is 7.95. The second-order valence-corrected chi connectivity index (χ2v) is 10.0. The van der Waals surface area contributed by atoms with E-state index in [1.165, 1.54) is 36.4 Å². The minimum absolute atomic E-state index is 0.00450. The van der Waals surface area contributed by atoms with E-state index in [0.717, 1.165) is 5.56 Å². The van der Waals surface area contributed by atoms with Gasteiger partial charge in [-0.05, 0) is 30.2 Å². The van der Waals surface area contributed by atoms with Gasteiger partial charge in [0.15, 0.2) is 0 Å². The quantitative estimate of drug-likeness (QED) is 0.280. The summed E-state index contributed by atoms with van der Waals surface area (Å²) in [4.78, 5) is 24.0. The van der Waals surface area contributed by atoms with Crippen LogP contribution < -0.4 is 11.1 Å². The van der Waals surface area contributed by atoms with Crippen LogP contribution in [0.25, 0.3) is 0 Å². The first-order chi connectivity index (χ1) is 17.2. The average Bonchev–Trinajstić information content (AvgIpc) is 2.88. The van der Waals surface area contributed by atoms with Gasteiger partial charge in [-0.15, -0.1) is 0 Å². The Morgan fingerprint density at radius 2 is 1.67 bits per heavy atom. The van der Waals surface area contributed by atoms with Gasteiger partial charge in [-0.2, -0.15) is 0 Å². The number of hydrogen-bond donors (Lipinski definition) is 2. The van der Waals surface area contributed by atoms with Gasteiger partial charge in [0.05, 0.1) is 21.3 Å². The third-order valence-electron chi connectivity index (χ3n) is 5.73. The van der Waals surface area contributed by atoms with E-state index in [0.29, 0.717) is 0 Å². The molecule has 0 radical (unpaired) electrons. The molecule has 0 aromatic heterocycles. The molecule has 1 unspecified atom stereocenters. The predicted molar refractivity (Wildman–Crippen MR) is 133 cm³/mol. The summed E-state index contributed by atoms with van der Waals surface area (Å²) in [5.74, 6) is -2.18. The number of nitro benzene ring substituents is 1. The van der Waals surface area contributed by atoms with E-state index in [2.05, 4.69) is 5.32 Å². The third-order valence-corrected chi connectivity index (χ3v) is 7.66. The zero-order valence-corrected chi connectivity index (χ0v) is 20.1. The van der Waals surface area contributed by atoms with Crippen LogP contribution in [-0.2, 0) is 26.0 Å². The molecule has 184 valence electrons. The summed E-state index contributed by atoms with van der Waals surface area (Å²) < 4.78 is 33.1. The molecule has 0 fully saturated rings. The second kappa shape index (κ2) is 10.0. The number of non-ortho nitro benzene ring substituents is 1. The topological polar surface area (TPSA) is 142 Å². The molecule has 3 aromatic rings. The first kappa shape index (κ1) is 24.7. The number of sulfone groups is 1. The van der Waals surface area contributed by atoms with Crippen molar-refractivity contribution in [2.24, 2.45) is 5.73 Å². The minimum Gasteiger partial charge on any atom is -0.457 e. The fourth-order valence-corrected chi connectivity index (χ4v) is 5.74. The SMILES string of the molecule is CC1=C(C(=O)OCc2ccccc2)C(c2cccc([N+](=O)[O-])c2)C(S(=O)(=O)c2ccccc2)=C(N)N1. The van der Waals surface area contributed by atoms with E-state index in [9.17, 15) is 23.3 Å². The summed E-state index contributed by atoms with van der Waals surface area (Å²) in [6.07, 6.45) is 0. The van der Waals surface area contributed by atoms with Crippen LogP contribution in [0.1, 0.15) is 24.0 Å². The molecule has 0 amide bonds. The Bertz CT molecular complexity index is 1480. The van der Waals surface area contributed by atoms with Crippen LogP contribution in [0.3, 0.4) is 0 Å². The zero-order chi connectivity index (χ0) is 25.9. The molecule has 1 heterocycles. The van der Waals surface area contributed by atoms with Crippen LogP contribution >= 0.6 is 0 Å². The molecule has 0 saturated carbocycles. The number of rotatable bonds is 7. The molecule has 1 atom stereocenters. The number of benzene rings is 3. The van der Waals surface area contributed by atoms with E-state index in [1.807, 2.05) is 6.07 Å². The monoisotopic (exact) mass is 505 g/mol. The van der Waals surface area contributed by atoms with Crippen molar-refractivity contribution in [3.8, 4) is 0 Å². The number of esters is 1. The third kappa shape index (κ3) is 4.84. The van der Waals surface area contributed by atoms with Gasteiger partial charge in [-0.1, -0.05) is 60.7 Å². The fraction of sp³-hybridized carbons (Fsp3) is 0.115. The minimum atomic E-state index is -4.22. The molecule has 1 aliphatic heterocycles. The molecule has 0 bridgehead atoms. The summed E-state index contributed by atoms with van der Waals surface area (Å²) in [7, 11) is -4.22. The molecule has 3 aromatic carbocycles. The second-order valence-electron chi connectivity index (χ2n) is 8.10. The Morgan fingerprint density at radius 3 is 2.31 bits per heavy atom. The van der Waals surface area contributed by atoms with E-state index < -0.39 is 26.6 Å². The van der Waals surface area contributed by atoms with Crippen molar-refractivity contribution in [1.82, 2.24) is 5.32 Å². The molecule has 9 nitrogen and oxygen atoms in total. The fourth-order valence-electron chi connectivity index (χ4n) is 4.07. The molecule has 0 saturated heterocycles. The Morgan fingerprint density at radius 1 is 1.03 bits per heavy atom. The number of carbonyl (C=O) groups excluding carboxylic acids is 1. The smallest absolute Gasteiger partial charge is 0.337 e. The lowest BCUT2D eigenvalue weighted by Crippen LogP contribution is -2.35. The van der Waals surface area contributed by atoms with Gasteiger partial charge >= 0.3 is 5.97 Å². The lowest BCUT2D eigenvalue weighted by atomic mass is 9.87. The molecular formula is C26H23N3O6S. The molecule has 3 N–H and O–H groups in total. The highest BCUT2D eigenvalue weighted by Crippen LogP contribution is 2.43. The molecule has 10 heteroatoms. The number of ether oxygens (including phenoxy) is 1. The van der Waals surface area contributed by atoms with E-state index in [4.69, 9.17) is 10.5 Å². The number of hydrogen-bond acceptors (Lipinski definition) is 8. The van der Waals surface area contributed by atoms with Crippen molar-refractivity contribution in [3.05, 3.63) is 128 Å². The van der Waals surface area contributed by atoms with Gasteiger partial charge in [0, 0.05) is 17.8 Å². The maximum atomic E-state index is 13.8. The van der Waals surface area contributed by atoms with E-state index in [1.54, 1.807) is 49.4 Å². The van der Waals surface area contributed by atoms with Crippen LogP contribution in [0.4, 0.5) is 5.69 Å². The van der Waals surface area contributed by atoms with Gasteiger partial charge in [-0.3, -0.25) is 10.1 Å². The average molecular weight is 506 g/mol. The molecular weight excluding hydrogens is 482 g/mol. The van der Waals surface area contributed by atoms with Crippen LogP contribution in [0, 0.1) is 10.1 Å². The highest BCUT2D eigenvalue weighted by Gasteiger charge is 2.41. The summed E-state index contributed by atoms with van der Waals surface area (Å²) in [5.41, 5.74) is 7.20. The maximum Gasteiger partial charge on any atom is 0.337 e. The predicted octanol–water partition coefficient (Wildman–Crippen LogP) is 3.90. The maximum absolute atomic E-state index is 13.8. The Hall–Kier alpha value is -4.44. The van der Waals surface area contributed by atoms with Crippen molar-refractivity contribution in [2.45, 2.75) is 24.3 Å². The van der Waals surface area contributed by atoms with Crippen LogP contribution in [0.15, 0.2) is 112 Å². The molecule has 0 aliphatic carbocycles. The normalized spacial score (nSPS) is 15.9. The summed E-state index contributed by atoms with van der Waals surface area (Å²) in [6, 6.07) is 22.1. The van der Waals surface area contributed by atoms with Gasteiger partial charge < -0.3 is 15.8 Å². The van der Waals surface area contributed by atoms with Crippen molar-refractivity contribution in [2.75, 3.05) is 0 Å². The summed E-state index contributed by atoms with van der Waals surface area (Å²) in [6.45, 7) is 1.53. The van der Waals surface area contributed by atoms with Crippen LogP contribution in [0.5, 0.6) is 0 Å².